The molecule has 94 valence electrons. The van der Waals surface area contributed by atoms with Gasteiger partial charge in [-0.05, 0) is 25.0 Å². The lowest BCUT2D eigenvalue weighted by molar-refractivity contribution is -0.121. The fraction of sp³-hybridized carbons (Fsp3) is 0.385. The van der Waals surface area contributed by atoms with Crippen molar-refractivity contribution in [2.45, 2.75) is 24.8 Å². The molecule has 2 aromatic rings. The number of aromatic nitrogens is 1. The topological polar surface area (TPSA) is 75.4 Å². The van der Waals surface area contributed by atoms with Crippen LogP contribution < -0.4 is 5.32 Å². The molecule has 1 fully saturated rings. The number of carbonyl (C=O) groups is 1. The van der Waals surface area contributed by atoms with Crippen molar-refractivity contribution in [2.24, 2.45) is 0 Å². The van der Waals surface area contributed by atoms with E-state index in [1.54, 1.807) is 0 Å². The van der Waals surface area contributed by atoms with E-state index in [9.17, 15) is 4.79 Å². The summed E-state index contributed by atoms with van der Waals surface area (Å²) in [6.07, 6.45) is 1.86. The van der Waals surface area contributed by atoms with Gasteiger partial charge in [0.1, 0.15) is 5.69 Å². The molecule has 1 saturated carbocycles. The first-order chi connectivity index (χ1) is 8.72. The fourth-order valence-electron chi connectivity index (χ4n) is 2.03. The molecule has 1 aliphatic rings. The fourth-order valence-corrected chi connectivity index (χ4v) is 2.03. The Morgan fingerprint density at radius 3 is 2.94 bits per heavy atom. The van der Waals surface area contributed by atoms with Gasteiger partial charge in [-0.1, -0.05) is 17.3 Å². The highest BCUT2D eigenvalue weighted by atomic mass is 16.5. The molecule has 0 aliphatic heterocycles. The first-order valence-corrected chi connectivity index (χ1v) is 5.98. The number of rotatable bonds is 4. The van der Waals surface area contributed by atoms with Gasteiger partial charge in [0.05, 0.1) is 18.6 Å². The number of para-hydroxylation sites is 1. The van der Waals surface area contributed by atoms with Crippen molar-refractivity contribution in [1.82, 2.24) is 10.5 Å². The van der Waals surface area contributed by atoms with E-state index < -0.39 is 0 Å². The van der Waals surface area contributed by atoms with Crippen molar-refractivity contribution in [3.8, 4) is 0 Å². The molecule has 5 heteroatoms. The van der Waals surface area contributed by atoms with Gasteiger partial charge in [0.15, 0.2) is 5.58 Å². The number of benzene rings is 1. The van der Waals surface area contributed by atoms with Gasteiger partial charge >= 0.3 is 0 Å². The van der Waals surface area contributed by atoms with Gasteiger partial charge in [-0.3, -0.25) is 4.79 Å². The number of carbonyl (C=O) groups excluding carboxylic acids is 1. The van der Waals surface area contributed by atoms with Crippen LogP contribution in [-0.4, -0.2) is 28.3 Å². The highest BCUT2D eigenvalue weighted by molar-refractivity contribution is 5.86. The van der Waals surface area contributed by atoms with Crippen LogP contribution in [0.3, 0.4) is 0 Å². The van der Waals surface area contributed by atoms with Gasteiger partial charge in [-0.15, -0.1) is 0 Å². The van der Waals surface area contributed by atoms with Crippen molar-refractivity contribution in [3.05, 3.63) is 30.0 Å². The van der Waals surface area contributed by atoms with E-state index in [0.717, 1.165) is 18.2 Å². The Hall–Kier alpha value is -1.88. The summed E-state index contributed by atoms with van der Waals surface area (Å²) in [6.45, 7) is -0.00168. The summed E-state index contributed by atoms with van der Waals surface area (Å²) in [5.74, 6) is -0.124. The summed E-state index contributed by atoms with van der Waals surface area (Å²) in [5, 5.41) is 16.8. The third-order valence-electron chi connectivity index (χ3n) is 3.34. The third-order valence-corrected chi connectivity index (χ3v) is 3.34. The number of aliphatic hydroxyl groups is 1. The van der Waals surface area contributed by atoms with Gasteiger partial charge in [0.25, 0.3) is 0 Å². The molecule has 2 N–H and O–H groups in total. The maximum Gasteiger partial charge on any atom is 0.226 e. The van der Waals surface area contributed by atoms with Gasteiger partial charge in [-0.2, -0.15) is 0 Å². The van der Waals surface area contributed by atoms with Crippen molar-refractivity contribution in [1.29, 1.82) is 0 Å². The maximum absolute atomic E-state index is 11.9. The molecule has 1 aromatic carbocycles. The molecule has 0 spiro atoms. The normalized spacial score (nSPS) is 16.7. The highest BCUT2D eigenvalue weighted by Crippen LogP contribution is 2.34. The highest BCUT2D eigenvalue weighted by Gasteiger charge is 2.43. The summed E-state index contributed by atoms with van der Waals surface area (Å²) < 4.78 is 5.14. The van der Waals surface area contributed by atoms with E-state index in [4.69, 9.17) is 9.63 Å². The second kappa shape index (κ2) is 4.10. The first-order valence-electron chi connectivity index (χ1n) is 5.98. The van der Waals surface area contributed by atoms with Crippen LogP contribution in [0.1, 0.15) is 18.5 Å². The predicted octanol–water partition coefficient (Wildman–Crippen LogP) is 1.01. The van der Waals surface area contributed by atoms with Crippen molar-refractivity contribution >= 4 is 16.9 Å². The smallest absolute Gasteiger partial charge is 0.226 e. The second-order valence-electron chi connectivity index (χ2n) is 4.79. The van der Waals surface area contributed by atoms with Gasteiger partial charge in [0.2, 0.25) is 5.91 Å². The average Bonchev–Trinajstić information content (AvgIpc) is 3.04. The van der Waals surface area contributed by atoms with Crippen LogP contribution in [0.25, 0.3) is 11.0 Å². The molecular weight excluding hydrogens is 232 g/mol. The summed E-state index contributed by atoms with van der Waals surface area (Å²) in [6, 6.07) is 7.45. The molecule has 0 saturated heterocycles. The quantitative estimate of drug-likeness (QED) is 0.844. The zero-order chi connectivity index (χ0) is 12.6. The molecule has 1 heterocycles. The van der Waals surface area contributed by atoms with Crippen LogP contribution in [0.5, 0.6) is 0 Å². The minimum atomic E-state index is -0.378. The van der Waals surface area contributed by atoms with Crippen molar-refractivity contribution in [3.63, 3.8) is 0 Å². The zero-order valence-corrected chi connectivity index (χ0v) is 9.85. The van der Waals surface area contributed by atoms with Crippen LogP contribution in [0.2, 0.25) is 0 Å². The summed E-state index contributed by atoms with van der Waals surface area (Å²) in [4.78, 5) is 11.9. The number of hydrogen-bond donors (Lipinski definition) is 2. The SMILES string of the molecule is O=C(Cc1noc2ccccc12)NC1(CO)CC1. The van der Waals surface area contributed by atoms with Gasteiger partial charge in [-0.25, -0.2) is 0 Å². The van der Waals surface area contributed by atoms with E-state index >= 15 is 0 Å². The maximum atomic E-state index is 11.9. The number of fused-ring (bicyclic) bond motifs is 1. The minimum Gasteiger partial charge on any atom is -0.394 e. The summed E-state index contributed by atoms with van der Waals surface area (Å²) in [5.41, 5.74) is 0.941. The summed E-state index contributed by atoms with van der Waals surface area (Å²) in [7, 11) is 0. The van der Waals surface area contributed by atoms with Crippen molar-refractivity contribution in [2.75, 3.05) is 6.61 Å². The molecule has 1 aliphatic carbocycles. The molecule has 1 aromatic heterocycles. The van der Waals surface area contributed by atoms with E-state index in [1.165, 1.54) is 0 Å². The Bertz CT molecular complexity index is 587. The lowest BCUT2D eigenvalue weighted by Crippen LogP contribution is -2.40. The number of nitrogens with zero attached hydrogens (tertiary/aromatic N) is 1. The Morgan fingerprint density at radius 2 is 2.22 bits per heavy atom. The van der Waals surface area contributed by atoms with Crippen LogP contribution in [0.4, 0.5) is 0 Å². The lowest BCUT2D eigenvalue weighted by atomic mass is 10.1. The molecular formula is C13H14N2O3. The van der Waals surface area contributed by atoms with Crippen LogP contribution in [-0.2, 0) is 11.2 Å². The van der Waals surface area contributed by atoms with Crippen molar-refractivity contribution < 1.29 is 14.4 Å². The van der Waals surface area contributed by atoms with Gasteiger partial charge in [0, 0.05) is 5.39 Å². The number of hydrogen-bond acceptors (Lipinski definition) is 4. The van der Waals surface area contributed by atoms with E-state index in [1.807, 2.05) is 24.3 Å². The van der Waals surface area contributed by atoms with Crippen LogP contribution >= 0.6 is 0 Å². The molecule has 0 bridgehead atoms. The van der Waals surface area contributed by atoms with Gasteiger partial charge < -0.3 is 14.9 Å². The third kappa shape index (κ3) is 1.97. The molecule has 0 unspecified atom stereocenters. The number of nitrogens with one attached hydrogen (secondary N) is 1. The number of aliphatic hydroxyl groups excluding tert-OH is 1. The second-order valence-corrected chi connectivity index (χ2v) is 4.79. The Morgan fingerprint density at radius 1 is 1.44 bits per heavy atom. The lowest BCUT2D eigenvalue weighted by Gasteiger charge is -2.13. The molecule has 0 atom stereocenters. The van der Waals surface area contributed by atoms with E-state index in [-0.39, 0.29) is 24.5 Å². The average molecular weight is 246 g/mol. The van der Waals surface area contributed by atoms with Crippen LogP contribution in [0.15, 0.2) is 28.8 Å². The predicted molar refractivity (Wildman–Crippen MR) is 64.9 cm³/mol. The van der Waals surface area contributed by atoms with E-state index in [0.29, 0.717) is 11.3 Å². The molecule has 3 rings (SSSR count). The minimum absolute atomic E-state index is 0.00168. The zero-order valence-electron chi connectivity index (χ0n) is 9.85. The summed E-state index contributed by atoms with van der Waals surface area (Å²) >= 11 is 0. The van der Waals surface area contributed by atoms with Crippen LogP contribution in [0, 0.1) is 0 Å². The monoisotopic (exact) mass is 246 g/mol. The van der Waals surface area contributed by atoms with E-state index in [2.05, 4.69) is 10.5 Å². The Labute approximate surface area is 104 Å². The Kier molecular flexibility index (Phi) is 2.56. The standard InChI is InChI=1S/C13H14N2O3/c16-8-13(5-6-13)14-12(17)7-10-9-3-1-2-4-11(9)18-15-10/h1-4,16H,5-8H2,(H,14,17). The largest absolute Gasteiger partial charge is 0.394 e. The molecule has 1 amide bonds. The first kappa shape index (κ1) is 11.2. The Balaban J connectivity index is 1.74. The molecule has 18 heavy (non-hydrogen) atoms. The number of amides is 1. The molecule has 5 nitrogen and oxygen atoms in total. The molecule has 0 radical (unpaired) electrons.